The third-order valence-electron chi connectivity index (χ3n) is 1.99. The first-order chi connectivity index (χ1) is 6.45. The van der Waals surface area contributed by atoms with Crippen LogP contribution in [-0.2, 0) is 6.18 Å². The second kappa shape index (κ2) is 4.00. The molecule has 0 aliphatic carbocycles. The standard InChI is InChI=1S/C10H11F3O/c1-2-9(14)7-4-3-5-8(6-7)10(11,12)13/h3-6,9,14H,2H2,1H3/t9-/m0/s1. The molecule has 14 heavy (non-hydrogen) atoms. The van der Waals surface area contributed by atoms with Crippen molar-refractivity contribution in [2.45, 2.75) is 25.6 Å². The zero-order valence-corrected chi connectivity index (χ0v) is 7.67. The predicted molar refractivity (Wildman–Crippen MR) is 46.7 cm³/mol. The van der Waals surface area contributed by atoms with Crippen LogP contribution in [0.3, 0.4) is 0 Å². The van der Waals surface area contributed by atoms with Gasteiger partial charge < -0.3 is 5.11 Å². The number of rotatable bonds is 2. The molecule has 0 amide bonds. The Morgan fingerprint density at radius 1 is 1.36 bits per heavy atom. The zero-order chi connectivity index (χ0) is 10.8. The van der Waals surface area contributed by atoms with E-state index in [0.29, 0.717) is 12.0 Å². The van der Waals surface area contributed by atoms with Crippen LogP contribution in [0.4, 0.5) is 13.2 Å². The molecular formula is C10H11F3O. The van der Waals surface area contributed by atoms with E-state index in [2.05, 4.69) is 0 Å². The van der Waals surface area contributed by atoms with E-state index in [-0.39, 0.29) is 0 Å². The van der Waals surface area contributed by atoms with Gasteiger partial charge in [-0.25, -0.2) is 0 Å². The van der Waals surface area contributed by atoms with Crippen LogP contribution in [0.2, 0.25) is 0 Å². The van der Waals surface area contributed by atoms with E-state index in [9.17, 15) is 18.3 Å². The second-order valence-electron chi connectivity index (χ2n) is 3.05. The first kappa shape index (κ1) is 11.0. The number of hydrogen-bond donors (Lipinski definition) is 1. The molecule has 1 N–H and O–H groups in total. The number of alkyl halides is 3. The summed E-state index contributed by atoms with van der Waals surface area (Å²) in [5.41, 5.74) is -0.412. The van der Waals surface area contributed by atoms with Crippen molar-refractivity contribution < 1.29 is 18.3 Å². The third kappa shape index (κ3) is 2.48. The summed E-state index contributed by atoms with van der Waals surface area (Å²) in [6, 6.07) is 4.76. The van der Waals surface area contributed by atoms with Crippen molar-refractivity contribution in [2.24, 2.45) is 0 Å². The summed E-state index contributed by atoms with van der Waals surface area (Å²) in [5, 5.41) is 9.35. The molecule has 0 unspecified atom stereocenters. The fraction of sp³-hybridized carbons (Fsp3) is 0.400. The van der Waals surface area contributed by atoms with Crippen molar-refractivity contribution in [2.75, 3.05) is 0 Å². The number of hydrogen-bond acceptors (Lipinski definition) is 1. The molecule has 1 aromatic carbocycles. The second-order valence-corrected chi connectivity index (χ2v) is 3.05. The van der Waals surface area contributed by atoms with Gasteiger partial charge in [0.15, 0.2) is 0 Å². The Bertz CT molecular complexity index is 306. The number of aliphatic hydroxyl groups excluding tert-OH is 1. The van der Waals surface area contributed by atoms with Crippen LogP contribution in [0.15, 0.2) is 24.3 Å². The van der Waals surface area contributed by atoms with E-state index in [4.69, 9.17) is 0 Å². The van der Waals surface area contributed by atoms with Crippen LogP contribution in [0.5, 0.6) is 0 Å². The van der Waals surface area contributed by atoms with Crippen molar-refractivity contribution in [1.82, 2.24) is 0 Å². The van der Waals surface area contributed by atoms with Gasteiger partial charge in [-0.05, 0) is 24.1 Å². The third-order valence-corrected chi connectivity index (χ3v) is 1.99. The molecule has 78 valence electrons. The lowest BCUT2D eigenvalue weighted by molar-refractivity contribution is -0.137. The van der Waals surface area contributed by atoms with Crippen molar-refractivity contribution in [3.8, 4) is 0 Å². The highest BCUT2D eigenvalue weighted by molar-refractivity contribution is 5.27. The van der Waals surface area contributed by atoms with Crippen molar-refractivity contribution >= 4 is 0 Å². The minimum absolute atomic E-state index is 0.308. The molecule has 0 aliphatic rings. The molecule has 0 fully saturated rings. The summed E-state index contributed by atoms with van der Waals surface area (Å²) in [7, 11) is 0. The molecular weight excluding hydrogens is 193 g/mol. The molecule has 0 saturated heterocycles. The van der Waals surface area contributed by atoms with Gasteiger partial charge >= 0.3 is 6.18 Å². The predicted octanol–water partition coefficient (Wildman–Crippen LogP) is 3.15. The Morgan fingerprint density at radius 3 is 2.50 bits per heavy atom. The summed E-state index contributed by atoms with van der Waals surface area (Å²) in [4.78, 5) is 0. The van der Waals surface area contributed by atoms with E-state index in [1.165, 1.54) is 12.1 Å². The summed E-state index contributed by atoms with van der Waals surface area (Å²) < 4.78 is 36.8. The quantitative estimate of drug-likeness (QED) is 0.784. The average Bonchev–Trinajstić information content (AvgIpc) is 2.15. The first-order valence-corrected chi connectivity index (χ1v) is 4.30. The minimum Gasteiger partial charge on any atom is -0.388 e. The van der Waals surface area contributed by atoms with Gasteiger partial charge in [-0.1, -0.05) is 19.1 Å². The monoisotopic (exact) mass is 204 g/mol. The zero-order valence-electron chi connectivity index (χ0n) is 7.67. The molecule has 0 radical (unpaired) electrons. The lowest BCUT2D eigenvalue weighted by Crippen LogP contribution is -2.06. The molecule has 0 heterocycles. The fourth-order valence-electron chi connectivity index (χ4n) is 1.16. The summed E-state index contributed by atoms with van der Waals surface area (Å²) in [6.07, 6.45) is -4.76. The van der Waals surface area contributed by atoms with Gasteiger partial charge in [0.25, 0.3) is 0 Å². The van der Waals surface area contributed by atoms with Crippen LogP contribution < -0.4 is 0 Å². The van der Waals surface area contributed by atoms with E-state index >= 15 is 0 Å². The number of aliphatic hydroxyl groups is 1. The van der Waals surface area contributed by atoms with Gasteiger partial charge in [-0.15, -0.1) is 0 Å². The van der Waals surface area contributed by atoms with Crippen LogP contribution >= 0.6 is 0 Å². The van der Waals surface area contributed by atoms with Crippen LogP contribution in [-0.4, -0.2) is 5.11 Å². The average molecular weight is 204 g/mol. The largest absolute Gasteiger partial charge is 0.416 e. The van der Waals surface area contributed by atoms with Gasteiger partial charge in [0.2, 0.25) is 0 Å². The highest BCUT2D eigenvalue weighted by Gasteiger charge is 2.30. The molecule has 1 atom stereocenters. The van der Waals surface area contributed by atoms with Crippen LogP contribution in [0.25, 0.3) is 0 Å². The minimum atomic E-state index is -4.34. The Labute approximate surface area is 80.2 Å². The Hall–Kier alpha value is -1.03. The molecule has 0 bridgehead atoms. The van der Waals surface area contributed by atoms with E-state index in [1.54, 1.807) is 6.92 Å². The molecule has 1 rings (SSSR count). The molecule has 0 aliphatic heterocycles. The van der Waals surface area contributed by atoms with Gasteiger partial charge in [0.1, 0.15) is 0 Å². The van der Waals surface area contributed by atoms with Crippen molar-refractivity contribution in [1.29, 1.82) is 0 Å². The maximum absolute atomic E-state index is 12.3. The van der Waals surface area contributed by atoms with Crippen LogP contribution in [0, 0.1) is 0 Å². The fourth-order valence-corrected chi connectivity index (χ4v) is 1.16. The van der Waals surface area contributed by atoms with E-state index < -0.39 is 17.8 Å². The Balaban J connectivity index is 3.01. The summed E-state index contributed by atoms with van der Waals surface area (Å²) in [6.45, 7) is 1.71. The van der Waals surface area contributed by atoms with Crippen LogP contribution in [0.1, 0.15) is 30.6 Å². The van der Waals surface area contributed by atoms with E-state index in [0.717, 1.165) is 12.1 Å². The van der Waals surface area contributed by atoms with Gasteiger partial charge in [-0.2, -0.15) is 13.2 Å². The molecule has 0 aromatic heterocycles. The van der Waals surface area contributed by atoms with E-state index in [1.807, 2.05) is 0 Å². The maximum Gasteiger partial charge on any atom is 0.416 e. The van der Waals surface area contributed by atoms with Gasteiger partial charge in [-0.3, -0.25) is 0 Å². The molecule has 0 spiro atoms. The lowest BCUT2D eigenvalue weighted by Gasteiger charge is -2.11. The van der Waals surface area contributed by atoms with Crippen molar-refractivity contribution in [3.63, 3.8) is 0 Å². The topological polar surface area (TPSA) is 20.2 Å². The number of halogens is 3. The molecule has 1 aromatic rings. The van der Waals surface area contributed by atoms with Gasteiger partial charge in [0, 0.05) is 0 Å². The maximum atomic E-state index is 12.3. The normalized spacial score (nSPS) is 14.1. The number of benzene rings is 1. The van der Waals surface area contributed by atoms with Gasteiger partial charge in [0.05, 0.1) is 11.7 Å². The summed E-state index contributed by atoms with van der Waals surface area (Å²) in [5.74, 6) is 0. The highest BCUT2D eigenvalue weighted by Crippen LogP contribution is 2.31. The lowest BCUT2D eigenvalue weighted by atomic mass is 10.0. The smallest absolute Gasteiger partial charge is 0.388 e. The Kier molecular flexibility index (Phi) is 3.16. The first-order valence-electron chi connectivity index (χ1n) is 4.30. The molecule has 0 saturated carbocycles. The molecule has 4 heteroatoms. The SMILES string of the molecule is CC[C@H](O)c1cccc(C(F)(F)F)c1. The molecule has 1 nitrogen and oxygen atoms in total. The highest BCUT2D eigenvalue weighted by atomic mass is 19.4. The van der Waals surface area contributed by atoms with Crippen molar-refractivity contribution in [3.05, 3.63) is 35.4 Å². The Morgan fingerprint density at radius 2 is 2.00 bits per heavy atom. The summed E-state index contributed by atoms with van der Waals surface area (Å²) >= 11 is 0.